The second-order valence-electron chi connectivity index (χ2n) is 8.07. The van der Waals surface area contributed by atoms with Crippen molar-refractivity contribution in [3.8, 4) is 0 Å². The highest BCUT2D eigenvalue weighted by Crippen LogP contribution is 2.47. The molecule has 31 heavy (non-hydrogen) atoms. The third-order valence-corrected chi connectivity index (χ3v) is 6.22. The van der Waals surface area contributed by atoms with Gasteiger partial charge in [0.15, 0.2) is 0 Å². The fourth-order valence-electron chi connectivity index (χ4n) is 4.00. The van der Waals surface area contributed by atoms with Crippen LogP contribution in [0.1, 0.15) is 59.8 Å². The van der Waals surface area contributed by atoms with E-state index in [1.807, 2.05) is 0 Å². The van der Waals surface area contributed by atoms with E-state index >= 15 is 0 Å². The van der Waals surface area contributed by atoms with Crippen LogP contribution in [0.15, 0.2) is 23.4 Å². The van der Waals surface area contributed by atoms with Gasteiger partial charge in [0.1, 0.15) is 11.3 Å². The van der Waals surface area contributed by atoms with Gasteiger partial charge in [0, 0.05) is 37.2 Å². The summed E-state index contributed by atoms with van der Waals surface area (Å²) >= 11 is 1.32. The SMILES string of the molecule is CSc1cc(NC(=O)c2c(C(F)(F)F)c(C3CC3)nn2C[C@@H]2CCC(F)(F)C2)ccn1. The quantitative estimate of drug-likeness (QED) is 0.451. The predicted molar refractivity (Wildman–Crippen MR) is 105 cm³/mol. The number of nitrogens with one attached hydrogen (secondary N) is 1. The number of hydrogen-bond donors (Lipinski definition) is 1. The molecule has 0 unspecified atom stereocenters. The monoisotopic (exact) mass is 460 g/mol. The summed E-state index contributed by atoms with van der Waals surface area (Å²) in [6, 6.07) is 3.03. The average Bonchev–Trinajstić information content (AvgIpc) is 3.37. The predicted octanol–water partition coefficient (Wildman–Crippen LogP) is 5.58. The normalized spacial score (nSPS) is 20.8. The molecule has 0 saturated heterocycles. The number of amides is 1. The summed E-state index contributed by atoms with van der Waals surface area (Å²) < 4.78 is 70.2. The molecule has 1 N–H and O–H groups in total. The van der Waals surface area contributed by atoms with Crippen molar-refractivity contribution < 1.29 is 26.7 Å². The molecule has 2 aromatic heterocycles. The number of halogens is 5. The molecule has 2 saturated carbocycles. The highest BCUT2D eigenvalue weighted by molar-refractivity contribution is 7.98. The van der Waals surface area contributed by atoms with Gasteiger partial charge in [-0.3, -0.25) is 9.48 Å². The van der Waals surface area contributed by atoms with Crippen LogP contribution in [0.25, 0.3) is 0 Å². The Balaban J connectivity index is 1.71. The highest BCUT2D eigenvalue weighted by Gasteiger charge is 2.47. The molecule has 4 rings (SSSR count). The number of pyridine rings is 1. The van der Waals surface area contributed by atoms with Crippen LogP contribution in [0.5, 0.6) is 0 Å². The number of anilines is 1. The first-order valence-corrected chi connectivity index (χ1v) is 11.2. The van der Waals surface area contributed by atoms with Gasteiger partial charge in [-0.1, -0.05) is 0 Å². The van der Waals surface area contributed by atoms with E-state index < -0.39 is 41.6 Å². The van der Waals surface area contributed by atoms with Crippen molar-refractivity contribution in [2.75, 3.05) is 11.6 Å². The number of aromatic nitrogens is 3. The summed E-state index contributed by atoms with van der Waals surface area (Å²) in [4.78, 5) is 17.1. The number of carbonyl (C=O) groups excluding carboxylic acids is 1. The van der Waals surface area contributed by atoms with Gasteiger partial charge >= 0.3 is 6.18 Å². The van der Waals surface area contributed by atoms with Crippen molar-refractivity contribution in [3.05, 3.63) is 35.3 Å². The molecule has 2 aliphatic rings. The number of hydrogen-bond acceptors (Lipinski definition) is 4. The van der Waals surface area contributed by atoms with Gasteiger partial charge in [-0.2, -0.15) is 18.3 Å². The molecular weight excluding hydrogens is 439 g/mol. The lowest BCUT2D eigenvalue weighted by atomic mass is 10.1. The first-order valence-electron chi connectivity index (χ1n) is 9.94. The fourth-order valence-corrected chi connectivity index (χ4v) is 4.41. The summed E-state index contributed by atoms with van der Waals surface area (Å²) in [5, 5.41) is 7.21. The molecule has 0 aromatic carbocycles. The zero-order valence-electron chi connectivity index (χ0n) is 16.7. The molecule has 0 spiro atoms. The third-order valence-electron chi connectivity index (χ3n) is 5.58. The van der Waals surface area contributed by atoms with Gasteiger partial charge in [-0.25, -0.2) is 13.8 Å². The van der Waals surface area contributed by atoms with E-state index in [1.54, 1.807) is 12.3 Å². The van der Waals surface area contributed by atoms with Crippen LogP contribution in [-0.4, -0.2) is 32.8 Å². The molecular formula is C20H21F5N4OS. The standard InChI is InChI=1S/C20H21F5N4OS/c1-31-14-8-13(5-7-26-14)27-18(30)17-15(20(23,24)25)16(12-2-3-12)28-29(17)10-11-4-6-19(21,22)9-11/h5,7-8,11-12H,2-4,6,9-10H2,1H3,(H,26,27,30)/t11-/m1/s1. The van der Waals surface area contributed by atoms with Gasteiger partial charge in [0.25, 0.3) is 5.91 Å². The zero-order valence-corrected chi connectivity index (χ0v) is 17.5. The molecule has 168 valence electrons. The summed E-state index contributed by atoms with van der Waals surface area (Å²) in [5.41, 5.74) is -1.55. The van der Waals surface area contributed by atoms with Crippen molar-refractivity contribution in [2.45, 2.75) is 61.7 Å². The van der Waals surface area contributed by atoms with E-state index in [9.17, 15) is 26.7 Å². The van der Waals surface area contributed by atoms with Crippen LogP contribution >= 0.6 is 11.8 Å². The molecule has 11 heteroatoms. The molecule has 0 aliphatic heterocycles. The molecule has 0 radical (unpaired) electrons. The topological polar surface area (TPSA) is 59.8 Å². The van der Waals surface area contributed by atoms with E-state index in [-0.39, 0.29) is 31.0 Å². The van der Waals surface area contributed by atoms with E-state index in [4.69, 9.17) is 0 Å². The van der Waals surface area contributed by atoms with Crippen molar-refractivity contribution in [1.82, 2.24) is 14.8 Å². The third kappa shape index (κ3) is 4.86. The molecule has 2 fully saturated rings. The Morgan fingerprint density at radius 1 is 1.32 bits per heavy atom. The van der Waals surface area contributed by atoms with Crippen molar-refractivity contribution in [3.63, 3.8) is 0 Å². The molecule has 2 aromatic rings. The van der Waals surface area contributed by atoms with Crippen molar-refractivity contribution in [1.29, 1.82) is 0 Å². The second-order valence-corrected chi connectivity index (χ2v) is 8.90. The Morgan fingerprint density at radius 3 is 2.65 bits per heavy atom. The van der Waals surface area contributed by atoms with Crippen LogP contribution in [0.2, 0.25) is 0 Å². The minimum absolute atomic E-state index is 0.152. The number of rotatable bonds is 6. The maximum Gasteiger partial charge on any atom is 0.420 e. The maximum atomic E-state index is 14.0. The Hall–Kier alpha value is -2.17. The minimum atomic E-state index is -4.79. The van der Waals surface area contributed by atoms with Crippen LogP contribution in [-0.2, 0) is 12.7 Å². The number of carbonyl (C=O) groups is 1. The van der Waals surface area contributed by atoms with E-state index in [0.717, 1.165) is 4.68 Å². The Morgan fingerprint density at radius 2 is 2.06 bits per heavy atom. The molecule has 5 nitrogen and oxygen atoms in total. The van der Waals surface area contributed by atoms with Gasteiger partial charge in [-0.15, -0.1) is 11.8 Å². The van der Waals surface area contributed by atoms with E-state index in [2.05, 4.69) is 15.4 Å². The first-order chi connectivity index (χ1) is 14.6. The number of thioether (sulfide) groups is 1. The number of nitrogens with zero attached hydrogens (tertiary/aromatic N) is 3. The van der Waals surface area contributed by atoms with Gasteiger partial charge in [0.2, 0.25) is 5.92 Å². The average molecular weight is 460 g/mol. The van der Waals surface area contributed by atoms with Crippen LogP contribution < -0.4 is 5.32 Å². The van der Waals surface area contributed by atoms with Crippen molar-refractivity contribution in [2.24, 2.45) is 5.92 Å². The summed E-state index contributed by atoms with van der Waals surface area (Å²) in [5.74, 6) is -4.70. The van der Waals surface area contributed by atoms with Crippen LogP contribution in [0.3, 0.4) is 0 Å². The molecule has 2 heterocycles. The summed E-state index contributed by atoms with van der Waals surface area (Å²) in [6.45, 7) is -0.152. The summed E-state index contributed by atoms with van der Waals surface area (Å²) in [6.07, 6.45) is -0.996. The lowest BCUT2D eigenvalue weighted by molar-refractivity contribution is -0.138. The largest absolute Gasteiger partial charge is 0.420 e. The smallest absolute Gasteiger partial charge is 0.321 e. The molecule has 1 atom stereocenters. The van der Waals surface area contributed by atoms with Gasteiger partial charge in [0.05, 0.1) is 10.7 Å². The Bertz CT molecular complexity index is 986. The second kappa shape index (κ2) is 8.07. The maximum absolute atomic E-state index is 14.0. The van der Waals surface area contributed by atoms with Crippen molar-refractivity contribution >= 4 is 23.4 Å². The van der Waals surface area contributed by atoms with E-state index in [1.165, 1.54) is 24.0 Å². The lowest BCUT2D eigenvalue weighted by Gasteiger charge is -2.15. The number of alkyl halides is 5. The zero-order chi connectivity index (χ0) is 22.4. The summed E-state index contributed by atoms with van der Waals surface area (Å²) in [7, 11) is 0. The van der Waals surface area contributed by atoms with Gasteiger partial charge in [-0.05, 0) is 43.6 Å². The highest BCUT2D eigenvalue weighted by atomic mass is 32.2. The minimum Gasteiger partial charge on any atom is -0.321 e. The molecule has 2 aliphatic carbocycles. The Labute approximate surface area is 179 Å². The van der Waals surface area contributed by atoms with E-state index in [0.29, 0.717) is 23.6 Å². The first kappa shape index (κ1) is 22.0. The molecule has 0 bridgehead atoms. The van der Waals surface area contributed by atoms with Crippen LogP contribution in [0, 0.1) is 5.92 Å². The lowest BCUT2D eigenvalue weighted by Crippen LogP contribution is -2.24. The fraction of sp³-hybridized carbons (Fsp3) is 0.550. The molecule has 1 amide bonds. The van der Waals surface area contributed by atoms with Crippen LogP contribution in [0.4, 0.5) is 27.6 Å². The Kier molecular flexibility index (Phi) is 5.74. The van der Waals surface area contributed by atoms with Gasteiger partial charge < -0.3 is 5.32 Å².